The first-order valence-corrected chi connectivity index (χ1v) is 6.47. The fourth-order valence-corrected chi connectivity index (χ4v) is 1.70. The number of rotatable bonds is 6. The third-order valence-electron chi connectivity index (χ3n) is 2.66. The van der Waals surface area contributed by atoms with E-state index in [0.717, 1.165) is 30.7 Å². The van der Waals surface area contributed by atoms with Crippen LogP contribution in [0, 0.1) is 11.6 Å². The van der Waals surface area contributed by atoms with E-state index in [-0.39, 0.29) is 11.6 Å². The van der Waals surface area contributed by atoms with Crippen LogP contribution in [0.3, 0.4) is 0 Å². The lowest BCUT2D eigenvalue weighted by Crippen LogP contribution is -2.13. The standard InChI is InChI=1S/C15H16F2N2O/c1-2-6-18-10-11-5-7-19-15(8-11)20-14-4-3-12(16)9-13(14)17/h3-5,7-9,18H,2,6,10H2,1H3. The van der Waals surface area contributed by atoms with Crippen LogP contribution in [0.4, 0.5) is 8.78 Å². The van der Waals surface area contributed by atoms with Crippen LogP contribution in [-0.4, -0.2) is 11.5 Å². The molecular formula is C15H16F2N2O. The Kier molecular flexibility index (Phi) is 5.01. The van der Waals surface area contributed by atoms with E-state index in [0.29, 0.717) is 6.54 Å². The molecule has 20 heavy (non-hydrogen) atoms. The molecule has 5 heteroatoms. The molecule has 3 nitrogen and oxygen atoms in total. The SMILES string of the molecule is CCCNCc1ccnc(Oc2ccc(F)cc2F)c1. The van der Waals surface area contributed by atoms with Crippen molar-refractivity contribution < 1.29 is 13.5 Å². The number of aromatic nitrogens is 1. The maximum atomic E-state index is 13.5. The van der Waals surface area contributed by atoms with E-state index in [9.17, 15) is 8.78 Å². The number of nitrogens with zero attached hydrogens (tertiary/aromatic N) is 1. The van der Waals surface area contributed by atoms with Crippen molar-refractivity contribution in [3.05, 3.63) is 53.7 Å². The zero-order valence-corrected chi connectivity index (χ0v) is 11.2. The van der Waals surface area contributed by atoms with Gasteiger partial charge in [0.05, 0.1) is 0 Å². The Balaban J connectivity index is 2.07. The van der Waals surface area contributed by atoms with E-state index in [2.05, 4.69) is 17.2 Å². The lowest BCUT2D eigenvalue weighted by molar-refractivity contribution is 0.423. The number of pyridine rings is 1. The van der Waals surface area contributed by atoms with Crippen molar-refractivity contribution in [1.29, 1.82) is 0 Å². The molecule has 0 radical (unpaired) electrons. The van der Waals surface area contributed by atoms with Crippen LogP contribution in [-0.2, 0) is 6.54 Å². The molecular weight excluding hydrogens is 262 g/mol. The second kappa shape index (κ2) is 6.96. The van der Waals surface area contributed by atoms with Crippen molar-refractivity contribution in [2.75, 3.05) is 6.54 Å². The first-order valence-electron chi connectivity index (χ1n) is 6.47. The summed E-state index contributed by atoms with van der Waals surface area (Å²) >= 11 is 0. The first kappa shape index (κ1) is 14.4. The van der Waals surface area contributed by atoms with Gasteiger partial charge in [0.2, 0.25) is 5.88 Å². The number of ether oxygens (including phenoxy) is 1. The van der Waals surface area contributed by atoms with Gasteiger partial charge in [-0.2, -0.15) is 0 Å². The Labute approximate surface area is 116 Å². The van der Waals surface area contributed by atoms with Crippen molar-refractivity contribution in [1.82, 2.24) is 10.3 Å². The van der Waals surface area contributed by atoms with Crippen molar-refractivity contribution >= 4 is 0 Å². The van der Waals surface area contributed by atoms with Gasteiger partial charge < -0.3 is 10.1 Å². The largest absolute Gasteiger partial charge is 0.436 e. The average molecular weight is 278 g/mol. The highest BCUT2D eigenvalue weighted by molar-refractivity contribution is 5.30. The topological polar surface area (TPSA) is 34.2 Å². The molecule has 0 aliphatic carbocycles. The highest BCUT2D eigenvalue weighted by Gasteiger charge is 2.07. The predicted molar refractivity (Wildman–Crippen MR) is 72.7 cm³/mol. The van der Waals surface area contributed by atoms with Gasteiger partial charge in [-0.15, -0.1) is 0 Å². The monoisotopic (exact) mass is 278 g/mol. The minimum absolute atomic E-state index is 0.0439. The van der Waals surface area contributed by atoms with Gasteiger partial charge in [-0.3, -0.25) is 0 Å². The number of nitrogens with one attached hydrogen (secondary N) is 1. The fourth-order valence-electron chi connectivity index (χ4n) is 1.70. The maximum Gasteiger partial charge on any atom is 0.219 e. The van der Waals surface area contributed by atoms with Gasteiger partial charge >= 0.3 is 0 Å². The second-order valence-electron chi connectivity index (χ2n) is 4.36. The van der Waals surface area contributed by atoms with E-state index in [1.165, 1.54) is 6.07 Å². The van der Waals surface area contributed by atoms with Crippen LogP contribution in [0.15, 0.2) is 36.5 Å². The molecule has 0 aliphatic heterocycles. The number of benzene rings is 1. The number of hydrogen-bond donors (Lipinski definition) is 1. The van der Waals surface area contributed by atoms with Crippen molar-refractivity contribution in [3.8, 4) is 11.6 Å². The molecule has 0 saturated heterocycles. The molecule has 2 rings (SSSR count). The number of hydrogen-bond acceptors (Lipinski definition) is 3. The summed E-state index contributed by atoms with van der Waals surface area (Å²) in [7, 11) is 0. The minimum atomic E-state index is -0.749. The van der Waals surface area contributed by atoms with E-state index < -0.39 is 11.6 Å². The van der Waals surface area contributed by atoms with Crippen molar-refractivity contribution in [2.45, 2.75) is 19.9 Å². The Morgan fingerprint density at radius 2 is 2.05 bits per heavy atom. The summed E-state index contributed by atoms with van der Waals surface area (Å²) in [6.45, 7) is 3.70. The fraction of sp³-hybridized carbons (Fsp3) is 0.267. The van der Waals surface area contributed by atoms with Crippen LogP contribution >= 0.6 is 0 Å². The lowest BCUT2D eigenvalue weighted by atomic mass is 10.2. The zero-order valence-electron chi connectivity index (χ0n) is 11.2. The third-order valence-corrected chi connectivity index (χ3v) is 2.66. The van der Waals surface area contributed by atoms with Crippen LogP contribution in [0.5, 0.6) is 11.6 Å². The van der Waals surface area contributed by atoms with Gasteiger partial charge in [0.1, 0.15) is 5.82 Å². The Morgan fingerprint density at radius 1 is 1.20 bits per heavy atom. The molecule has 0 aliphatic rings. The summed E-state index contributed by atoms with van der Waals surface area (Å²) in [5.41, 5.74) is 0.992. The van der Waals surface area contributed by atoms with Gasteiger partial charge in [-0.1, -0.05) is 6.92 Å². The smallest absolute Gasteiger partial charge is 0.219 e. The second-order valence-corrected chi connectivity index (χ2v) is 4.36. The summed E-state index contributed by atoms with van der Waals surface area (Å²) in [6, 6.07) is 6.75. The molecule has 1 aromatic carbocycles. The summed E-state index contributed by atoms with van der Waals surface area (Å²) in [4.78, 5) is 4.02. The van der Waals surface area contributed by atoms with Gasteiger partial charge in [0.15, 0.2) is 11.6 Å². The summed E-state index contributed by atoms with van der Waals surface area (Å²) < 4.78 is 31.6. The molecule has 0 unspecified atom stereocenters. The normalized spacial score (nSPS) is 10.6. The zero-order chi connectivity index (χ0) is 14.4. The summed E-state index contributed by atoms with van der Waals surface area (Å²) in [5, 5.41) is 3.25. The highest BCUT2D eigenvalue weighted by atomic mass is 19.1. The molecule has 1 N–H and O–H groups in total. The Hall–Kier alpha value is -2.01. The lowest BCUT2D eigenvalue weighted by Gasteiger charge is -2.08. The molecule has 106 valence electrons. The quantitative estimate of drug-likeness (QED) is 0.819. The molecule has 0 atom stereocenters. The number of halogens is 2. The van der Waals surface area contributed by atoms with Crippen LogP contribution in [0.1, 0.15) is 18.9 Å². The maximum absolute atomic E-state index is 13.5. The Morgan fingerprint density at radius 3 is 2.80 bits per heavy atom. The predicted octanol–water partition coefficient (Wildman–Crippen LogP) is 3.65. The average Bonchev–Trinajstić information content (AvgIpc) is 2.43. The van der Waals surface area contributed by atoms with Gasteiger partial charge in [-0.25, -0.2) is 13.8 Å². The highest BCUT2D eigenvalue weighted by Crippen LogP contribution is 2.23. The molecule has 0 spiro atoms. The van der Waals surface area contributed by atoms with E-state index in [4.69, 9.17) is 4.74 Å². The molecule has 1 heterocycles. The van der Waals surface area contributed by atoms with Crippen LogP contribution in [0.25, 0.3) is 0 Å². The van der Waals surface area contributed by atoms with Crippen molar-refractivity contribution in [3.63, 3.8) is 0 Å². The van der Waals surface area contributed by atoms with Crippen LogP contribution < -0.4 is 10.1 Å². The van der Waals surface area contributed by atoms with Crippen molar-refractivity contribution in [2.24, 2.45) is 0 Å². The minimum Gasteiger partial charge on any atom is -0.436 e. The molecule has 0 amide bonds. The summed E-state index contributed by atoms with van der Waals surface area (Å²) in [5.74, 6) is -1.15. The molecule has 0 bridgehead atoms. The summed E-state index contributed by atoms with van der Waals surface area (Å²) in [6.07, 6.45) is 2.65. The van der Waals surface area contributed by atoms with E-state index in [1.54, 1.807) is 12.3 Å². The van der Waals surface area contributed by atoms with E-state index >= 15 is 0 Å². The first-order chi connectivity index (χ1) is 9.69. The van der Waals surface area contributed by atoms with Crippen LogP contribution in [0.2, 0.25) is 0 Å². The Bertz CT molecular complexity index is 576. The molecule has 0 saturated carbocycles. The van der Waals surface area contributed by atoms with Gasteiger partial charge in [0.25, 0.3) is 0 Å². The van der Waals surface area contributed by atoms with Gasteiger partial charge in [0, 0.05) is 24.9 Å². The van der Waals surface area contributed by atoms with Gasteiger partial charge in [-0.05, 0) is 36.7 Å². The molecule has 1 aromatic heterocycles. The van der Waals surface area contributed by atoms with E-state index in [1.807, 2.05) is 6.07 Å². The third kappa shape index (κ3) is 3.99. The molecule has 0 fully saturated rings. The molecule has 2 aromatic rings.